The molecule has 1 fully saturated rings. The van der Waals surface area contributed by atoms with Crippen molar-refractivity contribution >= 4 is 24.2 Å². The molecule has 4 heteroatoms. The maximum Gasteiger partial charge on any atom is 0.133 e. The lowest BCUT2D eigenvalue weighted by atomic mass is 9.67. The van der Waals surface area contributed by atoms with Crippen LogP contribution in [0.1, 0.15) is 66.0 Å². The van der Waals surface area contributed by atoms with Crippen LogP contribution in [-0.2, 0) is 5.41 Å². The molecule has 1 aromatic heterocycles. The van der Waals surface area contributed by atoms with Gasteiger partial charge in [0.1, 0.15) is 5.84 Å². The molecule has 43 heavy (non-hydrogen) atoms. The number of rotatable bonds is 4. The fourth-order valence-corrected chi connectivity index (χ4v) is 7.73. The normalized spacial score (nSPS) is 18.3. The van der Waals surface area contributed by atoms with E-state index in [0.717, 1.165) is 33.1 Å². The molecule has 1 spiro atoms. The Morgan fingerprint density at radius 3 is 2.21 bits per heavy atom. The summed E-state index contributed by atoms with van der Waals surface area (Å²) in [6.07, 6.45) is 12.2. The average Bonchev–Trinajstić information content (AvgIpc) is 3.34. The van der Waals surface area contributed by atoms with Crippen LogP contribution in [0.2, 0.25) is 0 Å². The Kier molecular flexibility index (Phi) is 6.53. The van der Waals surface area contributed by atoms with Crippen molar-refractivity contribution in [2.75, 3.05) is 0 Å². The van der Waals surface area contributed by atoms with E-state index in [2.05, 4.69) is 95.2 Å². The van der Waals surface area contributed by atoms with Gasteiger partial charge in [0.15, 0.2) is 0 Å². The first-order chi connectivity index (χ1) is 21.2. The van der Waals surface area contributed by atoms with Crippen molar-refractivity contribution in [3.8, 4) is 22.3 Å². The van der Waals surface area contributed by atoms with Gasteiger partial charge in [-0.05, 0) is 88.2 Å². The molecule has 2 aliphatic carbocycles. The van der Waals surface area contributed by atoms with Crippen LogP contribution in [0, 0.1) is 0 Å². The van der Waals surface area contributed by atoms with Gasteiger partial charge in [-0.2, -0.15) is 0 Å². The zero-order valence-corrected chi connectivity index (χ0v) is 24.9. The van der Waals surface area contributed by atoms with Gasteiger partial charge < -0.3 is 5.32 Å². The molecule has 1 aliphatic heterocycles. The zero-order valence-electron chi connectivity index (χ0n) is 24.0. The van der Waals surface area contributed by atoms with Crippen LogP contribution >= 0.6 is 12.6 Å². The number of amidine groups is 1. The highest BCUT2D eigenvalue weighted by molar-refractivity contribution is 7.80. The Bertz CT molecular complexity index is 1900. The van der Waals surface area contributed by atoms with Crippen LogP contribution in [-0.4, -0.2) is 10.8 Å². The minimum Gasteiger partial charge on any atom is -0.340 e. The smallest absolute Gasteiger partial charge is 0.133 e. The number of benzene rings is 4. The van der Waals surface area contributed by atoms with Crippen molar-refractivity contribution in [1.82, 2.24) is 10.3 Å². The number of nitrogens with one attached hydrogen (secondary N) is 1. The quantitative estimate of drug-likeness (QED) is 0.210. The highest BCUT2D eigenvalue weighted by Crippen LogP contribution is 2.56. The van der Waals surface area contributed by atoms with Gasteiger partial charge >= 0.3 is 0 Å². The molecule has 210 valence electrons. The van der Waals surface area contributed by atoms with E-state index in [9.17, 15) is 0 Å². The maximum absolute atomic E-state index is 5.19. The molecule has 1 unspecified atom stereocenters. The summed E-state index contributed by atoms with van der Waals surface area (Å²) in [5.41, 5.74) is 12.7. The minimum absolute atomic E-state index is 0.129. The first kappa shape index (κ1) is 26.2. The van der Waals surface area contributed by atoms with E-state index in [1.54, 1.807) is 0 Å². The van der Waals surface area contributed by atoms with Gasteiger partial charge in [-0.3, -0.25) is 9.98 Å². The van der Waals surface area contributed by atoms with E-state index in [0.29, 0.717) is 0 Å². The van der Waals surface area contributed by atoms with Gasteiger partial charge in [0.2, 0.25) is 0 Å². The third-order valence-electron chi connectivity index (χ3n) is 9.53. The fraction of sp³-hybridized carbons (Fsp3) is 0.179. The van der Waals surface area contributed by atoms with Crippen LogP contribution in [0.25, 0.3) is 28.0 Å². The average molecular weight is 576 g/mol. The summed E-state index contributed by atoms with van der Waals surface area (Å²) in [6, 6.07) is 37.2. The number of fused-ring (bicyclic) bond motifs is 5. The molecule has 8 rings (SSSR count). The second-order valence-electron chi connectivity index (χ2n) is 12.0. The molecule has 0 amide bonds. The fourth-order valence-electron chi connectivity index (χ4n) is 7.45. The summed E-state index contributed by atoms with van der Waals surface area (Å²) >= 11 is 4.77. The van der Waals surface area contributed by atoms with Gasteiger partial charge in [0, 0.05) is 39.5 Å². The first-order valence-electron chi connectivity index (χ1n) is 15.3. The summed E-state index contributed by atoms with van der Waals surface area (Å²) < 4.78 is 0. The number of aliphatic imine (C=N–C) groups is 1. The zero-order chi connectivity index (χ0) is 28.8. The molecule has 0 saturated heterocycles. The number of hydrogen-bond acceptors (Lipinski definition) is 4. The molecule has 4 aromatic carbocycles. The minimum atomic E-state index is -0.129. The van der Waals surface area contributed by atoms with E-state index in [4.69, 9.17) is 17.6 Å². The molecule has 0 bridgehead atoms. The highest BCUT2D eigenvalue weighted by Gasteiger charge is 2.43. The van der Waals surface area contributed by atoms with Crippen LogP contribution < -0.4 is 5.32 Å². The van der Waals surface area contributed by atoms with E-state index >= 15 is 0 Å². The van der Waals surface area contributed by atoms with E-state index in [-0.39, 0.29) is 11.5 Å². The molecule has 1 saturated carbocycles. The summed E-state index contributed by atoms with van der Waals surface area (Å²) in [4.78, 5) is 10.3. The van der Waals surface area contributed by atoms with Gasteiger partial charge in [0.25, 0.3) is 0 Å². The predicted octanol–water partition coefficient (Wildman–Crippen LogP) is 9.40. The number of aromatic nitrogens is 1. The first-order valence-corrected chi connectivity index (χ1v) is 15.7. The van der Waals surface area contributed by atoms with E-state index < -0.39 is 0 Å². The molecule has 3 aliphatic rings. The van der Waals surface area contributed by atoms with Gasteiger partial charge in [-0.25, -0.2) is 0 Å². The molecule has 5 aromatic rings. The van der Waals surface area contributed by atoms with Crippen molar-refractivity contribution in [1.29, 1.82) is 0 Å². The molecule has 0 radical (unpaired) electrons. The molecule has 1 N–H and O–H groups in total. The van der Waals surface area contributed by atoms with Crippen LogP contribution in [0.15, 0.2) is 131 Å². The Morgan fingerprint density at radius 2 is 1.37 bits per heavy atom. The number of pyridine rings is 1. The standard InChI is InChI=1S/C39H33N3S/c43-37-14-5-3-12-32(37)36-25-35(26-17-21-40-22-18-26)41-38(42-36)29-10-8-9-27(23-29)28-15-16-31-30-11-2-4-13-33(30)39(34(31)24-28)19-6-1-7-20-39/h2-5,8-18,21-25,35,43H,1,6-7,19-20H2,(H,41,42). The highest BCUT2D eigenvalue weighted by atomic mass is 32.1. The summed E-state index contributed by atoms with van der Waals surface area (Å²) in [7, 11) is 0. The van der Waals surface area contributed by atoms with Gasteiger partial charge in [-0.15, -0.1) is 12.6 Å². The molecule has 2 heterocycles. The monoisotopic (exact) mass is 575 g/mol. The molecular weight excluding hydrogens is 543 g/mol. The number of hydrogen-bond donors (Lipinski definition) is 2. The Labute approximate surface area is 258 Å². The largest absolute Gasteiger partial charge is 0.340 e. The lowest BCUT2D eigenvalue weighted by molar-refractivity contribution is 0.353. The second kappa shape index (κ2) is 10.7. The van der Waals surface area contributed by atoms with Crippen molar-refractivity contribution in [2.24, 2.45) is 4.99 Å². The van der Waals surface area contributed by atoms with Crippen LogP contribution in [0.4, 0.5) is 0 Å². The Morgan fingerprint density at radius 1 is 0.651 bits per heavy atom. The van der Waals surface area contributed by atoms with Crippen molar-refractivity contribution in [3.05, 3.63) is 149 Å². The van der Waals surface area contributed by atoms with Crippen LogP contribution in [0.5, 0.6) is 0 Å². The van der Waals surface area contributed by atoms with Gasteiger partial charge in [0.05, 0.1) is 6.04 Å². The van der Waals surface area contributed by atoms with Crippen LogP contribution in [0.3, 0.4) is 0 Å². The van der Waals surface area contributed by atoms with Gasteiger partial charge in [-0.1, -0.05) is 92.1 Å². The van der Waals surface area contributed by atoms with Crippen molar-refractivity contribution in [3.63, 3.8) is 0 Å². The van der Waals surface area contributed by atoms with E-state index in [1.165, 1.54) is 65.5 Å². The third kappa shape index (κ3) is 4.52. The summed E-state index contributed by atoms with van der Waals surface area (Å²) in [5, 5.41) is 3.65. The molecular formula is C39H33N3S. The Hall–Kier alpha value is -4.41. The predicted molar refractivity (Wildman–Crippen MR) is 180 cm³/mol. The third-order valence-corrected chi connectivity index (χ3v) is 9.92. The number of thiol groups is 1. The maximum atomic E-state index is 5.19. The van der Waals surface area contributed by atoms with Crippen molar-refractivity contribution < 1.29 is 0 Å². The molecule has 1 atom stereocenters. The second-order valence-corrected chi connectivity index (χ2v) is 12.4. The lowest BCUT2D eigenvalue weighted by Gasteiger charge is -2.36. The topological polar surface area (TPSA) is 37.3 Å². The number of nitrogens with zero attached hydrogens (tertiary/aromatic N) is 2. The molecule has 3 nitrogen and oxygen atoms in total. The lowest BCUT2D eigenvalue weighted by Crippen LogP contribution is -2.28. The van der Waals surface area contributed by atoms with Crippen molar-refractivity contribution in [2.45, 2.75) is 48.5 Å². The Balaban J connectivity index is 1.20. The van der Waals surface area contributed by atoms with E-state index in [1.807, 2.05) is 36.7 Å². The SMILES string of the molecule is Sc1ccccc1C1=CC(c2ccncc2)N=C(c2cccc(-c3ccc4c(c3)C3(CCCCC3)c3ccccc3-4)c2)N1. The summed E-state index contributed by atoms with van der Waals surface area (Å²) in [5.74, 6) is 0.857. The summed E-state index contributed by atoms with van der Waals surface area (Å²) in [6.45, 7) is 0.